The van der Waals surface area contributed by atoms with Crippen molar-refractivity contribution in [3.8, 4) is 0 Å². The molecule has 0 aliphatic carbocycles. The molecule has 8 heteroatoms. The molecule has 2 amide bonds. The number of anilines is 1. The monoisotopic (exact) mass is 432 g/mol. The number of morpholine rings is 1. The van der Waals surface area contributed by atoms with E-state index < -0.39 is 23.2 Å². The number of amides is 2. The molecule has 0 bridgehead atoms. The van der Waals surface area contributed by atoms with E-state index in [1.54, 1.807) is 56.0 Å². The Morgan fingerprint density at radius 3 is 2.19 bits per heavy atom. The first-order valence-corrected chi connectivity index (χ1v) is 10.1. The lowest BCUT2D eigenvalue weighted by atomic mass is 10.1. The predicted molar refractivity (Wildman–Crippen MR) is 112 cm³/mol. The highest BCUT2D eigenvalue weighted by molar-refractivity contribution is 5.92. The highest BCUT2D eigenvalue weighted by atomic mass is 19.1. The summed E-state index contributed by atoms with van der Waals surface area (Å²) in [5.74, 6) is -2.66. The van der Waals surface area contributed by atoms with Crippen molar-refractivity contribution in [3.05, 3.63) is 65.2 Å². The summed E-state index contributed by atoms with van der Waals surface area (Å²) in [6.07, 6.45) is 0. The minimum atomic E-state index is -0.920. The summed E-state index contributed by atoms with van der Waals surface area (Å²) >= 11 is 0. The molecule has 1 aliphatic rings. The number of halogens is 2. The van der Waals surface area contributed by atoms with E-state index in [1.165, 1.54) is 4.90 Å². The molecule has 0 N–H and O–H groups in total. The number of hydrogen-bond donors (Lipinski definition) is 0. The van der Waals surface area contributed by atoms with Crippen LogP contribution in [0.15, 0.2) is 42.5 Å². The van der Waals surface area contributed by atoms with Gasteiger partial charge in [-0.3, -0.25) is 4.90 Å². The molecule has 1 fully saturated rings. The van der Waals surface area contributed by atoms with Crippen LogP contribution in [-0.2, 0) is 16.0 Å². The summed E-state index contributed by atoms with van der Waals surface area (Å²) in [5.41, 5.74) is -0.816. The van der Waals surface area contributed by atoms with Crippen LogP contribution in [0.2, 0.25) is 0 Å². The zero-order valence-electron chi connectivity index (χ0n) is 17.9. The Bertz CT molecular complexity index is 915. The predicted octanol–water partition coefficient (Wildman–Crippen LogP) is 4.38. The van der Waals surface area contributed by atoms with E-state index in [1.807, 2.05) is 0 Å². The molecule has 166 valence electrons. The second-order valence-corrected chi connectivity index (χ2v) is 8.22. The largest absolute Gasteiger partial charge is 0.456 e. The number of esters is 1. The lowest BCUT2D eigenvalue weighted by Crippen LogP contribution is -2.48. The molecule has 0 unspecified atom stereocenters. The third-order valence-electron chi connectivity index (χ3n) is 4.67. The standard InChI is InChI=1S/C23H26F2N2O4/c1-23(2,3)31-21(28)16-13-19(24)18(20(25)14-16)15-27(17-7-5-4-6-8-17)22(29)26-9-11-30-12-10-26/h4-8,13-14H,9-12,15H2,1-3H3. The number of rotatable bonds is 4. The Morgan fingerprint density at radius 2 is 1.65 bits per heavy atom. The van der Waals surface area contributed by atoms with Crippen molar-refractivity contribution < 1.29 is 27.8 Å². The Kier molecular flexibility index (Phi) is 6.90. The van der Waals surface area contributed by atoms with Crippen LogP contribution in [0.4, 0.5) is 19.3 Å². The molecular formula is C23H26F2N2O4. The molecule has 0 atom stereocenters. The number of ether oxygens (including phenoxy) is 2. The van der Waals surface area contributed by atoms with Crippen LogP contribution in [0.25, 0.3) is 0 Å². The number of hydrogen-bond acceptors (Lipinski definition) is 4. The fraction of sp³-hybridized carbons (Fsp3) is 0.391. The third-order valence-corrected chi connectivity index (χ3v) is 4.67. The summed E-state index contributed by atoms with van der Waals surface area (Å²) in [6, 6.07) is 10.2. The van der Waals surface area contributed by atoms with E-state index in [4.69, 9.17) is 9.47 Å². The maximum atomic E-state index is 14.9. The van der Waals surface area contributed by atoms with Crippen LogP contribution in [0, 0.1) is 11.6 Å². The van der Waals surface area contributed by atoms with Gasteiger partial charge in [-0.25, -0.2) is 18.4 Å². The Hall–Kier alpha value is -3.00. The SMILES string of the molecule is CC(C)(C)OC(=O)c1cc(F)c(CN(C(=O)N2CCOCC2)c2ccccc2)c(F)c1. The smallest absolute Gasteiger partial charge is 0.338 e. The molecule has 6 nitrogen and oxygen atoms in total. The van der Waals surface area contributed by atoms with Gasteiger partial charge >= 0.3 is 12.0 Å². The van der Waals surface area contributed by atoms with Crippen molar-refractivity contribution >= 4 is 17.7 Å². The lowest BCUT2D eigenvalue weighted by molar-refractivity contribution is 0.00683. The first-order chi connectivity index (χ1) is 14.7. The Labute approximate surface area is 180 Å². The minimum Gasteiger partial charge on any atom is -0.456 e. The summed E-state index contributed by atoms with van der Waals surface area (Å²) < 4.78 is 40.2. The number of carbonyl (C=O) groups excluding carboxylic acids is 2. The average Bonchev–Trinajstić information content (AvgIpc) is 2.73. The second kappa shape index (κ2) is 9.43. The van der Waals surface area contributed by atoms with Crippen molar-refractivity contribution in [3.63, 3.8) is 0 Å². The van der Waals surface area contributed by atoms with E-state index in [0.717, 1.165) is 12.1 Å². The quantitative estimate of drug-likeness (QED) is 0.673. The minimum absolute atomic E-state index is 0.223. The zero-order chi connectivity index (χ0) is 22.6. The normalized spacial score (nSPS) is 14.3. The summed E-state index contributed by atoms with van der Waals surface area (Å²) in [7, 11) is 0. The Morgan fingerprint density at radius 1 is 1.06 bits per heavy atom. The fourth-order valence-electron chi connectivity index (χ4n) is 3.17. The number of carbonyl (C=O) groups is 2. The molecule has 2 aromatic rings. The topological polar surface area (TPSA) is 59.1 Å². The summed E-state index contributed by atoms with van der Waals surface area (Å²) in [5, 5.41) is 0. The van der Waals surface area contributed by atoms with Crippen molar-refractivity contribution in [1.29, 1.82) is 0 Å². The van der Waals surface area contributed by atoms with Crippen LogP contribution in [0.1, 0.15) is 36.7 Å². The van der Waals surface area contributed by atoms with Gasteiger partial charge in [0.2, 0.25) is 0 Å². The number of nitrogens with zero attached hydrogens (tertiary/aromatic N) is 2. The van der Waals surface area contributed by atoms with Gasteiger partial charge in [-0.05, 0) is 45.0 Å². The van der Waals surface area contributed by atoms with Crippen LogP contribution in [0.5, 0.6) is 0 Å². The first kappa shape index (κ1) is 22.7. The van der Waals surface area contributed by atoms with E-state index in [-0.39, 0.29) is 23.7 Å². The highest BCUT2D eigenvalue weighted by Crippen LogP contribution is 2.24. The van der Waals surface area contributed by atoms with Gasteiger partial charge in [-0.15, -0.1) is 0 Å². The average molecular weight is 432 g/mol. The maximum absolute atomic E-state index is 14.9. The van der Waals surface area contributed by atoms with Crippen molar-refractivity contribution in [2.24, 2.45) is 0 Å². The first-order valence-electron chi connectivity index (χ1n) is 10.1. The molecule has 1 heterocycles. The van der Waals surface area contributed by atoms with Crippen LogP contribution in [-0.4, -0.2) is 48.8 Å². The van der Waals surface area contributed by atoms with Gasteiger partial charge in [0.1, 0.15) is 17.2 Å². The van der Waals surface area contributed by atoms with Gasteiger partial charge in [-0.2, -0.15) is 0 Å². The third kappa shape index (κ3) is 5.79. The van der Waals surface area contributed by atoms with Gasteiger partial charge in [-0.1, -0.05) is 18.2 Å². The summed E-state index contributed by atoms with van der Waals surface area (Å²) in [4.78, 5) is 28.2. The van der Waals surface area contributed by atoms with E-state index in [0.29, 0.717) is 32.0 Å². The molecular weight excluding hydrogens is 406 g/mol. The summed E-state index contributed by atoms with van der Waals surface area (Å²) in [6.45, 7) is 6.27. The van der Waals surface area contributed by atoms with Gasteiger partial charge in [0, 0.05) is 24.3 Å². The lowest BCUT2D eigenvalue weighted by Gasteiger charge is -2.33. The van der Waals surface area contributed by atoms with Crippen LogP contribution < -0.4 is 4.90 Å². The van der Waals surface area contributed by atoms with E-state index >= 15 is 0 Å². The van der Waals surface area contributed by atoms with Gasteiger partial charge in [0.05, 0.1) is 25.3 Å². The maximum Gasteiger partial charge on any atom is 0.338 e. The Balaban J connectivity index is 1.90. The van der Waals surface area contributed by atoms with Gasteiger partial charge < -0.3 is 14.4 Å². The molecule has 0 saturated carbocycles. The van der Waals surface area contributed by atoms with E-state index in [2.05, 4.69) is 0 Å². The number of benzene rings is 2. The molecule has 1 aliphatic heterocycles. The fourth-order valence-corrected chi connectivity index (χ4v) is 3.17. The number of urea groups is 1. The molecule has 2 aromatic carbocycles. The highest BCUT2D eigenvalue weighted by Gasteiger charge is 2.27. The molecule has 3 rings (SSSR count). The van der Waals surface area contributed by atoms with Crippen molar-refractivity contribution in [2.75, 3.05) is 31.2 Å². The van der Waals surface area contributed by atoms with Gasteiger partial charge in [0.25, 0.3) is 0 Å². The molecule has 1 saturated heterocycles. The zero-order valence-corrected chi connectivity index (χ0v) is 17.9. The van der Waals surface area contributed by atoms with Crippen molar-refractivity contribution in [1.82, 2.24) is 4.90 Å². The number of para-hydroxylation sites is 1. The van der Waals surface area contributed by atoms with Crippen molar-refractivity contribution in [2.45, 2.75) is 32.9 Å². The molecule has 0 aromatic heterocycles. The van der Waals surface area contributed by atoms with Crippen LogP contribution in [0.3, 0.4) is 0 Å². The molecule has 31 heavy (non-hydrogen) atoms. The van der Waals surface area contributed by atoms with Gasteiger partial charge in [0.15, 0.2) is 0 Å². The second-order valence-electron chi connectivity index (χ2n) is 8.22. The van der Waals surface area contributed by atoms with Crippen LogP contribution >= 0.6 is 0 Å². The molecule has 0 radical (unpaired) electrons. The van der Waals surface area contributed by atoms with E-state index in [9.17, 15) is 18.4 Å². The molecule has 0 spiro atoms.